The Balaban J connectivity index is 2.81. The zero-order valence-corrected chi connectivity index (χ0v) is 10.2. The van der Waals surface area contributed by atoms with Crippen molar-refractivity contribution >= 4 is 26.8 Å². The lowest BCUT2D eigenvalue weighted by Crippen LogP contribution is -2.02. The fourth-order valence-corrected chi connectivity index (χ4v) is 2.63. The van der Waals surface area contributed by atoms with Crippen LogP contribution in [-0.4, -0.2) is 9.78 Å². The molecule has 0 fully saturated rings. The first-order valence-electron chi connectivity index (χ1n) is 4.74. The highest BCUT2D eigenvalue weighted by atomic mass is 79.9. The Labute approximate surface area is 92.0 Å². The van der Waals surface area contributed by atoms with Crippen LogP contribution in [0.5, 0.6) is 0 Å². The lowest BCUT2D eigenvalue weighted by Gasteiger charge is -2.05. The Morgan fingerprint density at radius 1 is 1.36 bits per heavy atom. The van der Waals surface area contributed by atoms with E-state index in [1.54, 1.807) is 0 Å². The first kappa shape index (κ1) is 9.71. The van der Waals surface area contributed by atoms with Gasteiger partial charge in [-0.05, 0) is 48.3 Å². The molecular weight excluding hydrogens is 240 g/mol. The van der Waals surface area contributed by atoms with E-state index in [0.29, 0.717) is 6.04 Å². The number of benzene rings is 1. The number of rotatable bonds is 1. The summed E-state index contributed by atoms with van der Waals surface area (Å²) in [6.45, 7) is 6.37. The van der Waals surface area contributed by atoms with Crippen LogP contribution in [0, 0.1) is 6.92 Å². The molecule has 0 saturated heterocycles. The predicted octanol–water partition coefficient (Wildman–Crippen LogP) is 3.69. The molecule has 3 heteroatoms. The van der Waals surface area contributed by atoms with Crippen LogP contribution in [0.1, 0.15) is 25.5 Å². The summed E-state index contributed by atoms with van der Waals surface area (Å²) in [5.74, 6) is 0. The standard InChI is InChI=1S/C11H13BrN2/c1-7(2)14-11(12)10-8(3)5-4-6-9(10)13-14/h4-7H,1-3H3. The summed E-state index contributed by atoms with van der Waals surface area (Å²) in [4.78, 5) is 0. The number of hydrogen-bond donors (Lipinski definition) is 0. The van der Waals surface area contributed by atoms with Crippen LogP contribution < -0.4 is 0 Å². The summed E-state index contributed by atoms with van der Waals surface area (Å²) in [6.07, 6.45) is 0. The van der Waals surface area contributed by atoms with E-state index in [0.717, 1.165) is 10.1 Å². The van der Waals surface area contributed by atoms with Crippen LogP contribution in [0.3, 0.4) is 0 Å². The molecule has 2 nitrogen and oxygen atoms in total. The van der Waals surface area contributed by atoms with Crippen LogP contribution in [0.2, 0.25) is 0 Å². The highest BCUT2D eigenvalue weighted by Gasteiger charge is 2.11. The van der Waals surface area contributed by atoms with Gasteiger partial charge in [-0.25, -0.2) is 0 Å². The monoisotopic (exact) mass is 252 g/mol. The van der Waals surface area contributed by atoms with Crippen LogP contribution in [-0.2, 0) is 0 Å². The van der Waals surface area contributed by atoms with Crippen LogP contribution in [0.4, 0.5) is 0 Å². The third-order valence-electron chi connectivity index (χ3n) is 2.36. The number of halogens is 1. The number of aromatic nitrogens is 2. The molecule has 2 aromatic rings. The van der Waals surface area contributed by atoms with Gasteiger partial charge in [0.05, 0.1) is 5.52 Å². The smallest absolute Gasteiger partial charge is 0.112 e. The predicted molar refractivity (Wildman–Crippen MR) is 62.6 cm³/mol. The highest BCUT2D eigenvalue weighted by molar-refractivity contribution is 9.10. The summed E-state index contributed by atoms with van der Waals surface area (Å²) in [5.41, 5.74) is 2.33. The second-order valence-electron chi connectivity index (χ2n) is 3.80. The SMILES string of the molecule is Cc1cccc2nn(C(C)C)c(Br)c12. The molecule has 0 radical (unpaired) electrons. The minimum atomic E-state index is 0.385. The summed E-state index contributed by atoms with van der Waals surface area (Å²) < 4.78 is 3.10. The van der Waals surface area contributed by atoms with Crippen molar-refractivity contribution in [3.8, 4) is 0 Å². The van der Waals surface area contributed by atoms with Gasteiger partial charge in [0.1, 0.15) is 4.60 Å². The lowest BCUT2D eigenvalue weighted by molar-refractivity contribution is 0.527. The third kappa shape index (κ3) is 1.36. The average Bonchev–Trinajstić information content (AvgIpc) is 2.45. The zero-order chi connectivity index (χ0) is 10.3. The molecule has 1 heterocycles. The number of nitrogens with zero attached hydrogens (tertiary/aromatic N) is 2. The van der Waals surface area contributed by atoms with Crippen molar-refractivity contribution in [1.82, 2.24) is 9.78 Å². The van der Waals surface area contributed by atoms with Crippen molar-refractivity contribution in [2.45, 2.75) is 26.8 Å². The van der Waals surface area contributed by atoms with Crippen molar-refractivity contribution in [3.63, 3.8) is 0 Å². The van der Waals surface area contributed by atoms with Gasteiger partial charge in [-0.2, -0.15) is 5.10 Å². The van der Waals surface area contributed by atoms with E-state index in [-0.39, 0.29) is 0 Å². The third-order valence-corrected chi connectivity index (χ3v) is 3.12. The zero-order valence-electron chi connectivity index (χ0n) is 8.58. The van der Waals surface area contributed by atoms with E-state index in [2.05, 4.69) is 47.9 Å². The Hall–Kier alpha value is -0.830. The Bertz CT molecular complexity index is 471. The van der Waals surface area contributed by atoms with E-state index in [4.69, 9.17) is 0 Å². The number of fused-ring (bicyclic) bond motifs is 1. The largest absolute Gasteiger partial charge is 0.255 e. The van der Waals surface area contributed by atoms with Gasteiger partial charge >= 0.3 is 0 Å². The van der Waals surface area contributed by atoms with Gasteiger partial charge in [0.25, 0.3) is 0 Å². The van der Waals surface area contributed by atoms with Crippen molar-refractivity contribution in [3.05, 3.63) is 28.4 Å². The number of aryl methyl sites for hydroxylation is 1. The molecule has 0 atom stereocenters. The second kappa shape index (κ2) is 3.39. The minimum Gasteiger partial charge on any atom is -0.255 e. The summed E-state index contributed by atoms with van der Waals surface area (Å²) >= 11 is 3.60. The maximum atomic E-state index is 4.54. The van der Waals surface area contributed by atoms with Gasteiger partial charge in [0.15, 0.2) is 0 Å². The van der Waals surface area contributed by atoms with Crippen molar-refractivity contribution in [2.75, 3.05) is 0 Å². The van der Waals surface area contributed by atoms with E-state index >= 15 is 0 Å². The molecule has 0 saturated carbocycles. The van der Waals surface area contributed by atoms with Gasteiger partial charge < -0.3 is 0 Å². The molecule has 14 heavy (non-hydrogen) atoms. The summed E-state index contributed by atoms with van der Waals surface area (Å²) in [5, 5.41) is 5.77. The fourth-order valence-electron chi connectivity index (χ4n) is 1.62. The van der Waals surface area contributed by atoms with Gasteiger partial charge in [-0.1, -0.05) is 12.1 Å². The minimum absolute atomic E-state index is 0.385. The van der Waals surface area contributed by atoms with E-state index in [1.165, 1.54) is 10.9 Å². The highest BCUT2D eigenvalue weighted by Crippen LogP contribution is 2.28. The van der Waals surface area contributed by atoms with Crippen molar-refractivity contribution in [1.29, 1.82) is 0 Å². The summed E-state index contributed by atoms with van der Waals surface area (Å²) in [7, 11) is 0. The Morgan fingerprint density at radius 2 is 2.07 bits per heavy atom. The Kier molecular flexibility index (Phi) is 2.35. The fraction of sp³-hybridized carbons (Fsp3) is 0.364. The first-order chi connectivity index (χ1) is 6.61. The van der Waals surface area contributed by atoms with E-state index in [1.807, 2.05) is 16.8 Å². The van der Waals surface area contributed by atoms with Gasteiger partial charge in [0, 0.05) is 11.4 Å². The molecule has 74 valence electrons. The maximum absolute atomic E-state index is 4.54. The molecule has 2 rings (SSSR count). The second-order valence-corrected chi connectivity index (χ2v) is 4.55. The molecule has 0 amide bonds. The number of hydrogen-bond acceptors (Lipinski definition) is 1. The van der Waals surface area contributed by atoms with Gasteiger partial charge in [0.2, 0.25) is 0 Å². The van der Waals surface area contributed by atoms with Crippen molar-refractivity contribution in [2.24, 2.45) is 0 Å². The van der Waals surface area contributed by atoms with Crippen molar-refractivity contribution < 1.29 is 0 Å². The molecule has 0 bridgehead atoms. The molecule has 0 unspecified atom stereocenters. The quantitative estimate of drug-likeness (QED) is 0.757. The van der Waals surface area contributed by atoms with E-state index in [9.17, 15) is 0 Å². The maximum Gasteiger partial charge on any atom is 0.112 e. The van der Waals surface area contributed by atoms with Gasteiger partial charge in [-0.3, -0.25) is 4.68 Å². The first-order valence-corrected chi connectivity index (χ1v) is 5.54. The van der Waals surface area contributed by atoms with Crippen LogP contribution in [0.15, 0.2) is 22.8 Å². The average molecular weight is 253 g/mol. The van der Waals surface area contributed by atoms with Crippen LogP contribution in [0.25, 0.3) is 10.9 Å². The Morgan fingerprint density at radius 3 is 2.64 bits per heavy atom. The van der Waals surface area contributed by atoms with Gasteiger partial charge in [-0.15, -0.1) is 0 Å². The summed E-state index contributed by atoms with van der Waals surface area (Å²) in [6, 6.07) is 6.59. The lowest BCUT2D eigenvalue weighted by atomic mass is 10.1. The molecule has 0 aliphatic heterocycles. The molecular formula is C11H13BrN2. The van der Waals surface area contributed by atoms with Crippen LogP contribution >= 0.6 is 15.9 Å². The molecule has 1 aromatic heterocycles. The topological polar surface area (TPSA) is 17.8 Å². The van der Waals surface area contributed by atoms with E-state index < -0.39 is 0 Å². The molecule has 0 aliphatic rings. The molecule has 0 spiro atoms. The molecule has 1 aromatic carbocycles. The molecule has 0 N–H and O–H groups in total. The normalized spacial score (nSPS) is 11.5. The molecule has 0 aliphatic carbocycles.